The summed E-state index contributed by atoms with van der Waals surface area (Å²) in [7, 11) is 0. The Morgan fingerprint density at radius 1 is 1.50 bits per heavy atom. The molecule has 20 heavy (non-hydrogen) atoms. The summed E-state index contributed by atoms with van der Waals surface area (Å²) < 4.78 is 3.17. The van der Waals surface area contributed by atoms with Crippen LogP contribution in [0.5, 0.6) is 0 Å². The van der Waals surface area contributed by atoms with Gasteiger partial charge in [-0.15, -0.1) is 0 Å². The molecule has 112 valence electrons. The smallest absolute Gasteiger partial charge is 0.303 e. The first-order valence-corrected chi connectivity index (χ1v) is 8.99. The van der Waals surface area contributed by atoms with Gasteiger partial charge in [0.05, 0.1) is 22.3 Å². The van der Waals surface area contributed by atoms with Crippen LogP contribution in [0.25, 0.3) is 0 Å². The van der Waals surface area contributed by atoms with Crippen molar-refractivity contribution in [1.82, 2.24) is 9.78 Å². The largest absolute Gasteiger partial charge is 0.481 e. The van der Waals surface area contributed by atoms with Crippen LogP contribution in [0, 0.1) is 5.41 Å². The van der Waals surface area contributed by atoms with Gasteiger partial charge in [-0.1, -0.05) is 6.92 Å². The number of carbonyl (C=O) groups is 1. The lowest BCUT2D eigenvalue weighted by Crippen LogP contribution is -2.11. The Morgan fingerprint density at radius 3 is 2.70 bits per heavy atom. The second-order valence-corrected chi connectivity index (χ2v) is 7.22. The van der Waals surface area contributed by atoms with Gasteiger partial charge in [0, 0.05) is 12.3 Å². The molecule has 1 aromatic rings. The average molecular weight is 361 g/mol. The molecule has 0 atom stereocenters. The van der Waals surface area contributed by atoms with Gasteiger partial charge in [0.15, 0.2) is 0 Å². The van der Waals surface area contributed by atoms with Crippen LogP contribution in [0.4, 0.5) is 0 Å². The molecule has 0 saturated heterocycles. The third kappa shape index (κ3) is 3.58. The van der Waals surface area contributed by atoms with Crippen LogP contribution in [0.2, 0.25) is 0 Å². The summed E-state index contributed by atoms with van der Waals surface area (Å²) in [5.41, 5.74) is 2.39. The Morgan fingerprint density at radius 2 is 2.20 bits per heavy atom. The normalized spacial score (nSPS) is 16.4. The highest BCUT2D eigenvalue weighted by atomic mass is 79.9. The SMILES string of the molecule is CCc1nn(CC)c(CSCC2(CC(=O)O)CC2)c1Br. The molecule has 1 aliphatic rings. The maximum absolute atomic E-state index is 10.9. The van der Waals surface area contributed by atoms with E-state index in [2.05, 4.69) is 34.9 Å². The van der Waals surface area contributed by atoms with Crippen molar-refractivity contribution in [3.63, 3.8) is 0 Å². The number of hydrogen-bond donors (Lipinski definition) is 1. The Hall–Kier alpha value is -0.490. The highest BCUT2D eigenvalue weighted by Gasteiger charge is 2.44. The average Bonchev–Trinajstić information content (AvgIpc) is 3.08. The molecule has 0 spiro atoms. The van der Waals surface area contributed by atoms with Crippen LogP contribution in [-0.2, 0) is 23.5 Å². The lowest BCUT2D eigenvalue weighted by molar-refractivity contribution is -0.138. The molecule has 1 saturated carbocycles. The number of carboxylic acid groups (broad SMARTS) is 1. The molecular weight excluding hydrogens is 340 g/mol. The Bertz CT molecular complexity index is 498. The molecular formula is C14H21BrN2O2S. The zero-order valence-corrected chi connectivity index (χ0v) is 14.4. The van der Waals surface area contributed by atoms with Crippen molar-refractivity contribution in [2.45, 2.75) is 51.8 Å². The summed E-state index contributed by atoms with van der Waals surface area (Å²) in [6.07, 6.45) is 3.35. The Balaban J connectivity index is 1.94. The molecule has 1 aromatic heterocycles. The number of nitrogens with zero attached hydrogens (tertiary/aromatic N) is 2. The van der Waals surface area contributed by atoms with Gasteiger partial charge in [-0.05, 0) is 53.3 Å². The molecule has 1 aliphatic carbocycles. The maximum atomic E-state index is 10.9. The van der Waals surface area contributed by atoms with Crippen LogP contribution in [-0.4, -0.2) is 26.6 Å². The second-order valence-electron chi connectivity index (χ2n) is 5.44. The van der Waals surface area contributed by atoms with E-state index in [1.54, 1.807) is 0 Å². The van der Waals surface area contributed by atoms with Crippen molar-refractivity contribution in [2.24, 2.45) is 5.41 Å². The van der Waals surface area contributed by atoms with Gasteiger partial charge < -0.3 is 5.11 Å². The fourth-order valence-electron chi connectivity index (χ4n) is 2.39. The van der Waals surface area contributed by atoms with Crippen LogP contribution in [0.3, 0.4) is 0 Å². The quantitative estimate of drug-likeness (QED) is 0.767. The Labute approximate surface area is 132 Å². The minimum Gasteiger partial charge on any atom is -0.481 e. The number of rotatable bonds is 8. The van der Waals surface area contributed by atoms with Crippen LogP contribution in [0.1, 0.15) is 44.5 Å². The van der Waals surface area contributed by atoms with Crippen LogP contribution < -0.4 is 0 Å². The summed E-state index contributed by atoms with van der Waals surface area (Å²) >= 11 is 5.48. The molecule has 0 unspecified atom stereocenters. The van der Waals surface area contributed by atoms with Crippen molar-refractivity contribution >= 4 is 33.7 Å². The van der Waals surface area contributed by atoms with E-state index in [4.69, 9.17) is 5.11 Å². The number of halogens is 1. The first-order valence-electron chi connectivity index (χ1n) is 7.05. The van der Waals surface area contributed by atoms with Gasteiger partial charge >= 0.3 is 5.97 Å². The summed E-state index contributed by atoms with van der Waals surface area (Å²) in [6, 6.07) is 0. The maximum Gasteiger partial charge on any atom is 0.303 e. The molecule has 0 radical (unpaired) electrons. The molecule has 2 rings (SSSR count). The lowest BCUT2D eigenvalue weighted by atomic mass is 10.1. The number of aliphatic carboxylic acids is 1. The minimum atomic E-state index is -0.670. The fourth-order valence-corrected chi connectivity index (χ4v) is 4.69. The standard InChI is InChI=1S/C14H21BrN2O2S/c1-3-10-13(15)11(17(4-2)16-10)8-20-9-14(5-6-14)7-12(18)19/h3-9H2,1-2H3,(H,18,19). The summed E-state index contributed by atoms with van der Waals surface area (Å²) in [6.45, 7) is 5.07. The molecule has 1 heterocycles. The van der Waals surface area contributed by atoms with E-state index >= 15 is 0 Å². The van der Waals surface area contributed by atoms with E-state index in [0.29, 0.717) is 6.42 Å². The van der Waals surface area contributed by atoms with Gasteiger partial charge in [0.25, 0.3) is 0 Å². The predicted molar refractivity (Wildman–Crippen MR) is 85.1 cm³/mol. The van der Waals surface area contributed by atoms with E-state index in [-0.39, 0.29) is 5.41 Å². The zero-order chi connectivity index (χ0) is 14.8. The molecule has 0 aromatic carbocycles. The molecule has 0 bridgehead atoms. The van der Waals surface area contributed by atoms with E-state index in [0.717, 1.165) is 47.5 Å². The van der Waals surface area contributed by atoms with Gasteiger partial charge in [-0.25, -0.2) is 0 Å². The molecule has 0 aliphatic heterocycles. The first kappa shape index (κ1) is 15.9. The van der Waals surface area contributed by atoms with E-state index in [1.165, 1.54) is 5.69 Å². The van der Waals surface area contributed by atoms with E-state index in [9.17, 15) is 4.79 Å². The summed E-state index contributed by atoms with van der Waals surface area (Å²) in [5, 5.41) is 13.5. The highest BCUT2D eigenvalue weighted by Crippen LogP contribution is 2.51. The Kier molecular flexibility index (Phi) is 5.18. The number of aromatic nitrogens is 2. The van der Waals surface area contributed by atoms with Gasteiger partial charge in [-0.2, -0.15) is 16.9 Å². The molecule has 6 heteroatoms. The molecule has 1 N–H and O–H groups in total. The zero-order valence-electron chi connectivity index (χ0n) is 12.0. The van der Waals surface area contributed by atoms with E-state index < -0.39 is 5.97 Å². The molecule has 0 amide bonds. The van der Waals surface area contributed by atoms with Gasteiger partial charge in [0.2, 0.25) is 0 Å². The van der Waals surface area contributed by atoms with Crippen molar-refractivity contribution in [2.75, 3.05) is 5.75 Å². The van der Waals surface area contributed by atoms with Crippen LogP contribution in [0.15, 0.2) is 4.47 Å². The minimum absolute atomic E-state index is 0.0631. The van der Waals surface area contributed by atoms with Crippen molar-refractivity contribution < 1.29 is 9.90 Å². The van der Waals surface area contributed by atoms with Gasteiger partial charge in [0.1, 0.15) is 0 Å². The van der Waals surface area contributed by atoms with Crippen molar-refractivity contribution in [3.8, 4) is 0 Å². The predicted octanol–water partition coefficient (Wildman–Crippen LogP) is 3.72. The monoisotopic (exact) mass is 360 g/mol. The number of aryl methyl sites for hydroxylation is 2. The highest BCUT2D eigenvalue weighted by molar-refractivity contribution is 9.10. The number of carboxylic acids is 1. The van der Waals surface area contributed by atoms with Gasteiger partial charge in [-0.3, -0.25) is 9.48 Å². The van der Waals surface area contributed by atoms with Crippen molar-refractivity contribution in [3.05, 3.63) is 15.9 Å². The fraction of sp³-hybridized carbons (Fsp3) is 0.714. The lowest BCUT2D eigenvalue weighted by Gasteiger charge is -2.12. The number of thioether (sulfide) groups is 1. The summed E-state index contributed by atoms with van der Waals surface area (Å²) in [5.74, 6) is 1.15. The topological polar surface area (TPSA) is 55.1 Å². The van der Waals surface area contributed by atoms with Crippen molar-refractivity contribution in [1.29, 1.82) is 0 Å². The van der Waals surface area contributed by atoms with E-state index in [1.807, 2.05) is 16.4 Å². The van der Waals surface area contributed by atoms with Crippen LogP contribution >= 0.6 is 27.7 Å². The molecule has 1 fully saturated rings. The summed E-state index contributed by atoms with van der Waals surface area (Å²) in [4.78, 5) is 10.9. The first-order chi connectivity index (χ1) is 9.51. The molecule has 4 nitrogen and oxygen atoms in total. The number of hydrogen-bond acceptors (Lipinski definition) is 3. The second kappa shape index (κ2) is 6.52. The third-order valence-corrected chi connectivity index (χ3v) is 6.03. The third-order valence-electron chi connectivity index (χ3n) is 3.82.